The van der Waals surface area contributed by atoms with E-state index in [1.54, 1.807) is 25.4 Å². The minimum atomic E-state index is -2.67. The smallest absolute Gasteiger partial charge is 0.270 e. The highest BCUT2D eigenvalue weighted by molar-refractivity contribution is 5.92. The Balaban J connectivity index is 1.30. The number of amides is 1. The summed E-state index contributed by atoms with van der Waals surface area (Å²) in [5, 5.41) is 2.91. The maximum Gasteiger partial charge on any atom is 0.270 e. The van der Waals surface area contributed by atoms with Crippen molar-refractivity contribution < 1.29 is 13.6 Å². The number of nitrogens with zero attached hydrogens (tertiary/aromatic N) is 5. The first-order valence-electron chi connectivity index (χ1n) is 12.6. The maximum absolute atomic E-state index is 13.7. The van der Waals surface area contributed by atoms with E-state index >= 15 is 0 Å². The monoisotopic (exact) mass is 486 g/mol. The van der Waals surface area contributed by atoms with Crippen molar-refractivity contribution in [1.29, 1.82) is 0 Å². The van der Waals surface area contributed by atoms with E-state index in [4.69, 9.17) is 0 Å². The molecule has 2 aromatic rings. The third-order valence-electron chi connectivity index (χ3n) is 7.29. The van der Waals surface area contributed by atoms with Crippen LogP contribution in [-0.2, 0) is 6.54 Å². The van der Waals surface area contributed by atoms with Gasteiger partial charge in [0, 0.05) is 71.2 Å². The molecule has 4 heterocycles. The fraction of sp³-hybridized carbons (Fsp3) is 0.577. The highest BCUT2D eigenvalue weighted by atomic mass is 19.3. The normalized spacial score (nSPS) is 19.8. The lowest BCUT2D eigenvalue weighted by molar-refractivity contribution is -0.0692. The van der Waals surface area contributed by atoms with Gasteiger partial charge in [0.1, 0.15) is 11.5 Å². The number of aromatic nitrogens is 2. The van der Waals surface area contributed by atoms with E-state index < -0.39 is 12.0 Å². The Morgan fingerprint density at radius 1 is 1.11 bits per heavy atom. The molecule has 2 fully saturated rings. The van der Waals surface area contributed by atoms with Crippen molar-refractivity contribution in [2.45, 2.75) is 57.7 Å². The van der Waals surface area contributed by atoms with Crippen molar-refractivity contribution in [1.82, 2.24) is 25.1 Å². The highest BCUT2D eigenvalue weighted by Gasteiger charge is 2.37. The first-order valence-corrected chi connectivity index (χ1v) is 12.6. The van der Waals surface area contributed by atoms with Gasteiger partial charge in [-0.15, -0.1) is 0 Å². The minimum absolute atomic E-state index is 0.203. The molecule has 2 aromatic heterocycles. The van der Waals surface area contributed by atoms with Crippen LogP contribution in [0.15, 0.2) is 42.7 Å². The van der Waals surface area contributed by atoms with Crippen LogP contribution in [0.1, 0.15) is 49.2 Å². The minimum Gasteiger partial charge on any atom is -0.355 e. The second kappa shape index (κ2) is 11.4. The Bertz CT molecular complexity index is 962. The van der Waals surface area contributed by atoms with E-state index in [0.29, 0.717) is 31.4 Å². The summed E-state index contributed by atoms with van der Waals surface area (Å²) >= 11 is 0. The molecule has 35 heavy (non-hydrogen) atoms. The topological polar surface area (TPSA) is 64.6 Å². The summed E-state index contributed by atoms with van der Waals surface area (Å²) in [6, 6.07) is 9.05. The van der Waals surface area contributed by atoms with Gasteiger partial charge >= 0.3 is 0 Å². The molecule has 0 aromatic carbocycles. The number of pyridine rings is 2. The molecular weight excluding hydrogens is 450 g/mol. The van der Waals surface area contributed by atoms with Crippen molar-refractivity contribution in [3.8, 4) is 0 Å². The zero-order valence-electron chi connectivity index (χ0n) is 20.7. The van der Waals surface area contributed by atoms with Crippen LogP contribution in [-0.4, -0.2) is 82.9 Å². The lowest BCUT2D eigenvalue weighted by Gasteiger charge is -2.41. The van der Waals surface area contributed by atoms with Gasteiger partial charge in [-0.05, 0) is 49.9 Å². The maximum atomic E-state index is 13.7. The van der Waals surface area contributed by atoms with Gasteiger partial charge < -0.3 is 10.2 Å². The van der Waals surface area contributed by atoms with Crippen molar-refractivity contribution >= 4 is 11.7 Å². The molecule has 1 atom stereocenters. The summed E-state index contributed by atoms with van der Waals surface area (Å²) in [7, 11) is 0. The fourth-order valence-electron chi connectivity index (χ4n) is 4.99. The number of halogens is 2. The van der Waals surface area contributed by atoms with Crippen LogP contribution >= 0.6 is 0 Å². The van der Waals surface area contributed by atoms with Crippen LogP contribution in [0, 0.1) is 0 Å². The molecule has 2 aliphatic heterocycles. The molecule has 2 saturated heterocycles. The Labute approximate surface area is 206 Å². The summed E-state index contributed by atoms with van der Waals surface area (Å²) in [6.07, 6.45) is 6.28. The predicted octanol–water partition coefficient (Wildman–Crippen LogP) is 3.43. The summed E-state index contributed by atoms with van der Waals surface area (Å²) < 4.78 is 27.4. The predicted molar refractivity (Wildman–Crippen MR) is 133 cm³/mol. The number of piperidine rings is 1. The van der Waals surface area contributed by atoms with Crippen LogP contribution in [0.4, 0.5) is 14.6 Å². The van der Waals surface area contributed by atoms with E-state index in [2.05, 4.69) is 25.1 Å². The lowest BCUT2D eigenvalue weighted by atomic mass is 10.00. The van der Waals surface area contributed by atoms with Gasteiger partial charge in [0.05, 0.1) is 6.04 Å². The van der Waals surface area contributed by atoms with Crippen LogP contribution in [0.2, 0.25) is 0 Å². The first kappa shape index (κ1) is 25.4. The zero-order valence-corrected chi connectivity index (χ0v) is 20.7. The van der Waals surface area contributed by atoms with Gasteiger partial charge in [0.2, 0.25) is 0 Å². The lowest BCUT2D eigenvalue weighted by Crippen LogP contribution is -2.52. The molecule has 0 unspecified atom stereocenters. The molecule has 0 radical (unpaired) electrons. The molecule has 2 aliphatic rings. The molecule has 0 aliphatic carbocycles. The van der Waals surface area contributed by atoms with E-state index in [1.165, 1.54) is 0 Å². The van der Waals surface area contributed by atoms with E-state index in [1.807, 2.05) is 29.2 Å². The highest BCUT2D eigenvalue weighted by Crippen LogP contribution is 2.27. The largest absolute Gasteiger partial charge is 0.355 e. The number of anilines is 1. The molecule has 1 amide bonds. The molecule has 9 heteroatoms. The molecule has 190 valence electrons. The van der Waals surface area contributed by atoms with Crippen LogP contribution in [0.25, 0.3) is 0 Å². The standard InChI is InChI=1S/C26H36F2N6O/c1-20(26(2,27)28)32-14-9-22(10-15-32)33-12-5-13-34(17-16-33)24-8-3-7-23(31-24)25(35)30-19-21-6-4-11-29-18-21/h3-4,6-8,11,18,20,22H,5,9-10,12-17,19H2,1-2H3,(H,30,35)/t20-/m0/s1. The second-order valence-electron chi connectivity index (χ2n) is 9.70. The average Bonchev–Trinajstić information content (AvgIpc) is 3.13. The number of hydrogen-bond donors (Lipinski definition) is 1. The number of hydrogen-bond acceptors (Lipinski definition) is 6. The quantitative estimate of drug-likeness (QED) is 0.647. The Morgan fingerprint density at radius 2 is 1.91 bits per heavy atom. The fourth-order valence-corrected chi connectivity index (χ4v) is 4.99. The van der Waals surface area contributed by atoms with Crippen LogP contribution in [0.5, 0.6) is 0 Å². The number of alkyl halides is 2. The van der Waals surface area contributed by atoms with Crippen molar-refractivity contribution in [3.63, 3.8) is 0 Å². The number of rotatable bonds is 7. The molecule has 0 bridgehead atoms. The van der Waals surface area contributed by atoms with Gasteiger partial charge in [0.25, 0.3) is 11.8 Å². The van der Waals surface area contributed by atoms with Crippen molar-refractivity contribution in [2.24, 2.45) is 0 Å². The van der Waals surface area contributed by atoms with E-state index in [0.717, 1.165) is 63.7 Å². The van der Waals surface area contributed by atoms with Crippen LogP contribution in [0.3, 0.4) is 0 Å². The van der Waals surface area contributed by atoms with E-state index in [9.17, 15) is 13.6 Å². The van der Waals surface area contributed by atoms with Gasteiger partial charge in [-0.25, -0.2) is 13.8 Å². The van der Waals surface area contributed by atoms with Gasteiger partial charge in [-0.2, -0.15) is 0 Å². The Hall–Kier alpha value is -2.65. The molecule has 7 nitrogen and oxygen atoms in total. The second-order valence-corrected chi connectivity index (χ2v) is 9.70. The summed E-state index contributed by atoms with van der Waals surface area (Å²) in [4.78, 5) is 28.0. The van der Waals surface area contributed by atoms with Crippen molar-refractivity contribution in [2.75, 3.05) is 44.2 Å². The summed E-state index contributed by atoms with van der Waals surface area (Å²) in [5.74, 6) is -2.06. The number of carbonyl (C=O) groups is 1. The average molecular weight is 487 g/mol. The van der Waals surface area contributed by atoms with Crippen molar-refractivity contribution in [3.05, 3.63) is 54.0 Å². The SMILES string of the molecule is C[C@H](N1CCC(N2CCCN(c3cccc(C(=O)NCc4cccnc4)n3)CC2)CC1)C(C)(F)F. The number of carbonyl (C=O) groups excluding carboxylic acids is 1. The Kier molecular flexibility index (Phi) is 8.28. The Morgan fingerprint density at radius 3 is 2.63 bits per heavy atom. The van der Waals surface area contributed by atoms with Gasteiger partial charge in [-0.3, -0.25) is 19.6 Å². The summed E-state index contributed by atoms with van der Waals surface area (Å²) in [6.45, 7) is 8.09. The molecule has 0 saturated carbocycles. The third kappa shape index (κ3) is 6.73. The zero-order chi connectivity index (χ0) is 24.8. The molecule has 4 rings (SSSR count). The third-order valence-corrected chi connectivity index (χ3v) is 7.29. The summed E-state index contributed by atoms with van der Waals surface area (Å²) in [5.41, 5.74) is 1.34. The van der Waals surface area contributed by atoms with Crippen LogP contribution < -0.4 is 10.2 Å². The molecular formula is C26H36F2N6O. The number of likely N-dealkylation sites (tertiary alicyclic amines) is 1. The number of nitrogens with one attached hydrogen (secondary N) is 1. The molecule has 1 N–H and O–H groups in total. The van der Waals surface area contributed by atoms with Gasteiger partial charge in [-0.1, -0.05) is 12.1 Å². The van der Waals surface area contributed by atoms with Gasteiger partial charge in [0.15, 0.2) is 0 Å². The first-order chi connectivity index (χ1) is 16.8. The molecule has 0 spiro atoms. The van der Waals surface area contributed by atoms with E-state index in [-0.39, 0.29) is 5.91 Å².